The van der Waals surface area contributed by atoms with Crippen LogP contribution in [0.4, 0.5) is 0 Å². The lowest BCUT2D eigenvalue weighted by molar-refractivity contribution is 0.410. The van der Waals surface area contributed by atoms with Crippen LogP contribution in [0.2, 0.25) is 0 Å². The molecule has 0 aliphatic heterocycles. The number of hydrogen-bond donors (Lipinski definition) is 1. The summed E-state index contributed by atoms with van der Waals surface area (Å²) in [6.07, 6.45) is 0.836. The van der Waals surface area contributed by atoms with Gasteiger partial charge in [0.25, 0.3) is 0 Å². The van der Waals surface area contributed by atoms with E-state index in [2.05, 4.69) is 28.1 Å². The molecule has 0 radical (unpaired) electrons. The summed E-state index contributed by atoms with van der Waals surface area (Å²) in [5.41, 5.74) is 8.11. The number of benzene rings is 1. The highest BCUT2D eigenvalue weighted by Crippen LogP contribution is 2.29. The summed E-state index contributed by atoms with van der Waals surface area (Å²) >= 11 is 3.52. The number of methoxy groups -OCH3 is 1. The van der Waals surface area contributed by atoms with Crippen molar-refractivity contribution in [1.29, 1.82) is 0 Å². The average Bonchev–Trinajstić information content (AvgIpc) is 2.08. The van der Waals surface area contributed by atoms with Crippen molar-refractivity contribution >= 4 is 15.9 Å². The van der Waals surface area contributed by atoms with E-state index in [0.717, 1.165) is 22.2 Å². The van der Waals surface area contributed by atoms with Gasteiger partial charge in [-0.3, -0.25) is 0 Å². The van der Waals surface area contributed by atoms with Crippen molar-refractivity contribution in [2.45, 2.75) is 32.7 Å². The first kappa shape index (κ1) is 12.5. The minimum absolute atomic E-state index is 0.195. The van der Waals surface area contributed by atoms with Gasteiger partial charge < -0.3 is 10.5 Å². The summed E-state index contributed by atoms with van der Waals surface area (Å²) in [5.74, 6) is 0.906. The molecule has 0 aromatic heterocycles. The third-order valence-corrected chi connectivity index (χ3v) is 3.06. The Morgan fingerprint density at radius 3 is 2.47 bits per heavy atom. The van der Waals surface area contributed by atoms with Crippen LogP contribution in [0.25, 0.3) is 0 Å². The monoisotopic (exact) mass is 271 g/mol. The summed E-state index contributed by atoms with van der Waals surface area (Å²) in [5, 5.41) is 0. The molecular weight excluding hydrogens is 254 g/mol. The van der Waals surface area contributed by atoms with Crippen molar-refractivity contribution in [3.8, 4) is 5.75 Å². The second-order valence-electron chi connectivity index (χ2n) is 4.57. The van der Waals surface area contributed by atoms with Crippen LogP contribution in [-0.4, -0.2) is 12.6 Å². The summed E-state index contributed by atoms with van der Waals surface area (Å²) in [6.45, 7) is 6.07. The molecule has 2 N–H and O–H groups in total. The van der Waals surface area contributed by atoms with E-state index in [1.165, 1.54) is 5.56 Å². The lowest BCUT2D eigenvalue weighted by Gasteiger charge is -2.19. The van der Waals surface area contributed by atoms with Gasteiger partial charge in [0.1, 0.15) is 5.75 Å². The van der Waals surface area contributed by atoms with Crippen LogP contribution >= 0.6 is 15.9 Å². The van der Waals surface area contributed by atoms with Gasteiger partial charge in [-0.15, -0.1) is 0 Å². The quantitative estimate of drug-likeness (QED) is 0.917. The Morgan fingerprint density at radius 1 is 1.40 bits per heavy atom. The maximum Gasteiger partial charge on any atom is 0.123 e. The van der Waals surface area contributed by atoms with Crippen molar-refractivity contribution in [2.24, 2.45) is 5.73 Å². The number of rotatable bonds is 3. The fourth-order valence-electron chi connectivity index (χ4n) is 1.55. The Hall–Kier alpha value is -0.540. The van der Waals surface area contributed by atoms with Crippen LogP contribution in [0, 0.1) is 6.92 Å². The van der Waals surface area contributed by atoms with Crippen molar-refractivity contribution in [3.63, 3.8) is 0 Å². The van der Waals surface area contributed by atoms with E-state index in [4.69, 9.17) is 10.5 Å². The zero-order valence-corrected chi connectivity index (χ0v) is 11.3. The van der Waals surface area contributed by atoms with Gasteiger partial charge in [-0.05, 0) is 44.9 Å². The molecule has 0 saturated carbocycles. The SMILES string of the molecule is COc1cc(CC(C)(C)N)cc(Br)c1C. The molecule has 0 aliphatic carbocycles. The first-order chi connectivity index (χ1) is 6.83. The molecule has 3 heteroatoms. The second-order valence-corrected chi connectivity index (χ2v) is 5.42. The van der Waals surface area contributed by atoms with Crippen LogP contribution in [0.15, 0.2) is 16.6 Å². The summed E-state index contributed by atoms with van der Waals surface area (Å²) in [6, 6.07) is 4.15. The molecule has 0 saturated heterocycles. The molecule has 15 heavy (non-hydrogen) atoms. The van der Waals surface area contributed by atoms with Crippen LogP contribution < -0.4 is 10.5 Å². The molecule has 0 heterocycles. The molecule has 1 aromatic rings. The van der Waals surface area contributed by atoms with Crippen molar-refractivity contribution in [1.82, 2.24) is 0 Å². The Labute approximate surface area is 99.9 Å². The van der Waals surface area contributed by atoms with Gasteiger partial charge in [-0.25, -0.2) is 0 Å². The van der Waals surface area contributed by atoms with Crippen molar-refractivity contribution in [2.75, 3.05) is 7.11 Å². The molecule has 0 aliphatic rings. The van der Waals surface area contributed by atoms with Crippen LogP contribution in [-0.2, 0) is 6.42 Å². The Balaban J connectivity index is 3.06. The van der Waals surface area contributed by atoms with E-state index in [0.29, 0.717) is 0 Å². The molecule has 0 atom stereocenters. The Morgan fingerprint density at radius 2 is 2.00 bits per heavy atom. The van der Waals surface area contributed by atoms with Gasteiger partial charge in [-0.2, -0.15) is 0 Å². The van der Waals surface area contributed by atoms with E-state index in [1.54, 1.807) is 7.11 Å². The molecule has 1 aromatic carbocycles. The maximum absolute atomic E-state index is 5.99. The third-order valence-electron chi connectivity index (χ3n) is 2.24. The molecule has 1 rings (SSSR count). The predicted octanol–water partition coefficient (Wildman–Crippen LogP) is 3.05. The minimum atomic E-state index is -0.195. The summed E-state index contributed by atoms with van der Waals surface area (Å²) in [7, 11) is 1.69. The van der Waals surface area contributed by atoms with Crippen LogP contribution in [0.3, 0.4) is 0 Å². The van der Waals surface area contributed by atoms with E-state index in [9.17, 15) is 0 Å². The standard InChI is InChI=1S/C12H18BrNO/c1-8-10(13)5-9(6-11(8)15-4)7-12(2,3)14/h5-6H,7,14H2,1-4H3. The molecular formula is C12H18BrNO. The largest absolute Gasteiger partial charge is 0.496 e. The fraction of sp³-hybridized carbons (Fsp3) is 0.500. The highest BCUT2D eigenvalue weighted by molar-refractivity contribution is 9.10. The van der Waals surface area contributed by atoms with Gasteiger partial charge in [0.05, 0.1) is 7.11 Å². The van der Waals surface area contributed by atoms with E-state index >= 15 is 0 Å². The zero-order valence-electron chi connectivity index (χ0n) is 9.73. The van der Waals surface area contributed by atoms with Gasteiger partial charge in [0.2, 0.25) is 0 Å². The lowest BCUT2D eigenvalue weighted by atomic mass is 9.95. The zero-order chi connectivity index (χ0) is 11.6. The number of hydrogen-bond acceptors (Lipinski definition) is 2. The first-order valence-corrected chi connectivity index (χ1v) is 5.74. The van der Waals surface area contributed by atoms with Crippen LogP contribution in [0.5, 0.6) is 5.75 Å². The van der Waals surface area contributed by atoms with Crippen molar-refractivity contribution < 1.29 is 4.74 Å². The Bertz CT molecular complexity index is 355. The van der Waals surface area contributed by atoms with Crippen LogP contribution in [0.1, 0.15) is 25.0 Å². The first-order valence-electron chi connectivity index (χ1n) is 4.95. The highest BCUT2D eigenvalue weighted by atomic mass is 79.9. The molecule has 0 amide bonds. The number of halogens is 1. The average molecular weight is 272 g/mol. The molecule has 2 nitrogen and oxygen atoms in total. The normalized spacial score (nSPS) is 11.6. The van der Waals surface area contributed by atoms with Gasteiger partial charge in [0, 0.05) is 15.6 Å². The summed E-state index contributed by atoms with van der Waals surface area (Å²) < 4.78 is 6.38. The van der Waals surface area contributed by atoms with E-state index in [1.807, 2.05) is 20.8 Å². The molecule has 0 spiro atoms. The van der Waals surface area contributed by atoms with Gasteiger partial charge in [-0.1, -0.05) is 15.9 Å². The van der Waals surface area contributed by atoms with E-state index in [-0.39, 0.29) is 5.54 Å². The third kappa shape index (κ3) is 3.50. The Kier molecular flexibility index (Phi) is 3.79. The molecule has 0 fully saturated rings. The summed E-state index contributed by atoms with van der Waals surface area (Å²) in [4.78, 5) is 0. The topological polar surface area (TPSA) is 35.2 Å². The van der Waals surface area contributed by atoms with E-state index < -0.39 is 0 Å². The second kappa shape index (κ2) is 4.54. The minimum Gasteiger partial charge on any atom is -0.496 e. The smallest absolute Gasteiger partial charge is 0.123 e. The molecule has 0 bridgehead atoms. The molecule has 0 unspecified atom stereocenters. The number of ether oxygens (including phenoxy) is 1. The van der Waals surface area contributed by atoms with Gasteiger partial charge in [0.15, 0.2) is 0 Å². The highest BCUT2D eigenvalue weighted by Gasteiger charge is 2.14. The van der Waals surface area contributed by atoms with Crippen molar-refractivity contribution in [3.05, 3.63) is 27.7 Å². The number of nitrogens with two attached hydrogens (primary N) is 1. The lowest BCUT2D eigenvalue weighted by Crippen LogP contribution is -2.34. The van der Waals surface area contributed by atoms with Gasteiger partial charge >= 0.3 is 0 Å². The molecule has 84 valence electrons. The maximum atomic E-state index is 5.99. The predicted molar refractivity (Wildman–Crippen MR) is 67.4 cm³/mol. The fourth-order valence-corrected chi connectivity index (χ4v) is 2.04.